The number of fused-ring (bicyclic) bond motifs is 1. The fourth-order valence-electron chi connectivity index (χ4n) is 4.37. The van der Waals surface area contributed by atoms with Crippen molar-refractivity contribution < 1.29 is 14.3 Å². The van der Waals surface area contributed by atoms with E-state index >= 15 is 0 Å². The van der Waals surface area contributed by atoms with Gasteiger partial charge in [0.15, 0.2) is 0 Å². The van der Waals surface area contributed by atoms with Crippen LogP contribution in [0.5, 0.6) is 0 Å². The molecular formula is C28H33ClN4O3S. The van der Waals surface area contributed by atoms with E-state index in [0.717, 1.165) is 22.4 Å². The molecule has 0 saturated heterocycles. The lowest BCUT2D eigenvalue weighted by Gasteiger charge is -2.28. The van der Waals surface area contributed by atoms with Crippen molar-refractivity contribution in [1.82, 2.24) is 15.1 Å². The van der Waals surface area contributed by atoms with Gasteiger partial charge in [0.2, 0.25) is 11.8 Å². The molecule has 196 valence electrons. The molecule has 0 fully saturated rings. The number of hydrogen-bond donors (Lipinski definition) is 1. The van der Waals surface area contributed by atoms with Crippen molar-refractivity contribution in [1.29, 1.82) is 0 Å². The smallest absolute Gasteiger partial charge is 0.240 e. The summed E-state index contributed by atoms with van der Waals surface area (Å²) in [5.41, 5.74) is 3.07. The zero-order chi connectivity index (χ0) is 26.6. The number of carbonyl (C=O) groups is 2. The van der Waals surface area contributed by atoms with E-state index in [1.165, 1.54) is 11.8 Å². The van der Waals surface area contributed by atoms with E-state index in [1.54, 1.807) is 12.0 Å². The molecule has 1 aromatic heterocycles. The Balaban J connectivity index is 1.90. The van der Waals surface area contributed by atoms with Crippen LogP contribution in [0.15, 0.2) is 54.6 Å². The third-order valence-electron chi connectivity index (χ3n) is 6.11. The number of carbonyl (C=O) groups excluding carboxylic acids is 2. The maximum absolute atomic E-state index is 13.6. The van der Waals surface area contributed by atoms with Crippen molar-refractivity contribution in [3.63, 3.8) is 0 Å². The number of rotatable bonds is 8. The average molecular weight is 541 g/mol. The minimum Gasteiger partial charge on any atom is -0.385 e. The Morgan fingerprint density at radius 1 is 1.16 bits per heavy atom. The van der Waals surface area contributed by atoms with E-state index in [9.17, 15) is 9.59 Å². The van der Waals surface area contributed by atoms with Gasteiger partial charge >= 0.3 is 0 Å². The molecule has 1 N–H and O–H groups in total. The highest BCUT2D eigenvalue weighted by atomic mass is 35.5. The van der Waals surface area contributed by atoms with Gasteiger partial charge in [0, 0.05) is 36.4 Å². The molecule has 1 unspecified atom stereocenters. The van der Waals surface area contributed by atoms with Crippen LogP contribution in [-0.2, 0) is 19.9 Å². The number of thioether (sulfide) groups is 1. The van der Waals surface area contributed by atoms with Crippen molar-refractivity contribution in [3.05, 3.63) is 70.7 Å². The Labute approximate surface area is 227 Å². The number of nitrogens with zero attached hydrogens (tertiary/aromatic N) is 3. The number of nitrogens with one attached hydrogen (secondary N) is 1. The van der Waals surface area contributed by atoms with Crippen molar-refractivity contribution in [2.45, 2.75) is 38.0 Å². The van der Waals surface area contributed by atoms with Crippen LogP contribution < -0.4 is 10.2 Å². The number of halogens is 1. The first-order valence-corrected chi connectivity index (χ1v) is 13.8. The van der Waals surface area contributed by atoms with Crippen LogP contribution in [0.1, 0.15) is 43.6 Å². The Hall–Kier alpha value is -2.81. The molecule has 3 aromatic rings. The normalized spacial score (nSPS) is 15.9. The van der Waals surface area contributed by atoms with E-state index in [4.69, 9.17) is 21.4 Å². The maximum atomic E-state index is 13.6. The van der Waals surface area contributed by atoms with Gasteiger partial charge < -0.3 is 10.1 Å². The topological polar surface area (TPSA) is 76.5 Å². The van der Waals surface area contributed by atoms with Crippen LogP contribution in [0, 0.1) is 0 Å². The van der Waals surface area contributed by atoms with Gasteiger partial charge in [-0.1, -0.05) is 60.1 Å². The standard InChI is InChI=1S/C28H33ClN4O3S/c1-28(2,3)33-27-24(25(31-33)19-11-6-5-7-12-19)26(20-13-8-9-14-21(20)29)37-18-23(35)32(27)17-22(34)30-15-10-16-36-4/h5-9,11-14,26H,10,15-18H2,1-4H3,(H,30,34). The van der Waals surface area contributed by atoms with Crippen LogP contribution >= 0.6 is 23.4 Å². The first kappa shape index (κ1) is 27.2. The molecule has 0 saturated carbocycles. The second-order valence-electron chi connectivity index (χ2n) is 9.92. The number of ether oxygens (including phenoxy) is 1. The molecule has 1 aliphatic rings. The predicted octanol–water partition coefficient (Wildman–Crippen LogP) is 5.28. The fraction of sp³-hybridized carbons (Fsp3) is 0.393. The summed E-state index contributed by atoms with van der Waals surface area (Å²) in [6.07, 6.45) is 0.698. The molecule has 37 heavy (non-hydrogen) atoms. The van der Waals surface area contributed by atoms with Crippen LogP contribution in [0.4, 0.5) is 5.82 Å². The summed E-state index contributed by atoms with van der Waals surface area (Å²) in [7, 11) is 1.63. The van der Waals surface area contributed by atoms with Crippen molar-refractivity contribution >= 4 is 41.0 Å². The molecule has 0 spiro atoms. The highest BCUT2D eigenvalue weighted by Crippen LogP contribution is 2.50. The molecule has 1 atom stereocenters. The zero-order valence-electron chi connectivity index (χ0n) is 21.7. The van der Waals surface area contributed by atoms with Crippen molar-refractivity contribution in [3.8, 4) is 11.3 Å². The number of hydrogen-bond acceptors (Lipinski definition) is 5. The molecule has 0 bridgehead atoms. The second kappa shape index (κ2) is 11.7. The molecule has 2 heterocycles. The van der Waals surface area contributed by atoms with Crippen LogP contribution in [0.2, 0.25) is 5.02 Å². The van der Waals surface area contributed by atoms with Crippen LogP contribution in [0.25, 0.3) is 11.3 Å². The van der Waals surface area contributed by atoms with Gasteiger partial charge in [-0.25, -0.2) is 4.68 Å². The van der Waals surface area contributed by atoms with Gasteiger partial charge in [0.1, 0.15) is 12.4 Å². The average Bonchev–Trinajstić information content (AvgIpc) is 3.22. The summed E-state index contributed by atoms with van der Waals surface area (Å²) >= 11 is 8.21. The number of methoxy groups -OCH3 is 1. The third kappa shape index (κ3) is 6.03. The zero-order valence-corrected chi connectivity index (χ0v) is 23.2. The quantitative estimate of drug-likeness (QED) is 0.393. The van der Waals surface area contributed by atoms with E-state index in [2.05, 4.69) is 5.32 Å². The van der Waals surface area contributed by atoms with Crippen LogP contribution in [0.3, 0.4) is 0 Å². The summed E-state index contributed by atoms with van der Waals surface area (Å²) < 4.78 is 6.96. The minimum absolute atomic E-state index is 0.0926. The third-order valence-corrected chi connectivity index (χ3v) is 7.69. The van der Waals surface area contributed by atoms with E-state index in [1.807, 2.05) is 80.1 Å². The SMILES string of the molecule is COCCCNC(=O)CN1C(=O)CSC(c2ccccc2Cl)c2c(-c3ccccc3)nn(C(C)(C)C)c21. The lowest BCUT2D eigenvalue weighted by molar-refractivity contribution is -0.123. The first-order chi connectivity index (χ1) is 17.7. The Morgan fingerprint density at radius 3 is 2.54 bits per heavy atom. The number of benzene rings is 2. The van der Waals surface area contributed by atoms with Gasteiger partial charge in [-0.3, -0.25) is 14.5 Å². The summed E-state index contributed by atoms with van der Waals surface area (Å²) in [5.74, 6) is 0.482. The monoisotopic (exact) mass is 540 g/mol. The molecule has 0 radical (unpaired) electrons. The molecule has 9 heteroatoms. The maximum Gasteiger partial charge on any atom is 0.240 e. The molecule has 7 nitrogen and oxygen atoms in total. The minimum atomic E-state index is -0.454. The second-order valence-corrected chi connectivity index (χ2v) is 11.4. The lowest BCUT2D eigenvalue weighted by Crippen LogP contribution is -2.44. The first-order valence-electron chi connectivity index (χ1n) is 12.3. The largest absolute Gasteiger partial charge is 0.385 e. The lowest BCUT2D eigenvalue weighted by atomic mass is 9.99. The van der Waals surface area contributed by atoms with Crippen LogP contribution in [-0.4, -0.2) is 54.2 Å². The van der Waals surface area contributed by atoms with Crippen molar-refractivity contribution in [2.24, 2.45) is 0 Å². The van der Waals surface area contributed by atoms with Gasteiger partial charge in [0.25, 0.3) is 0 Å². The summed E-state index contributed by atoms with van der Waals surface area (Å²) in [5, 5.41) is 8.38. The summed E-state index contributed by atoms with van der Waals surface area (Å²) in [6, 6.07) is 17.7. The predicted molar refractivity (Wildman–Crippen MR) is 150 cm³/mol. The Morgan fingerprint density at radius 2 is 1.86 bits per heavy atom. The molecular weight excluding hydrogens is 508 g/mol. The number of aromatic nitrogens is 2. The van der Waals surface area contributed by atoms with E-state index in [-0.39, 0.29) is 29.4 Å². The highest BCUT2D eigenvalue weighted by Gasteiger charge is 2.39. The Kier molecular flexibility index (Phi) is 8.62. The Bertz CT molecular complexity index is 1260. The molecule has 2 amide bonds. The van der Waals surface area contributed by atoms with E-state index in [0.29, 0.717) is 30.4 Å². The van der Waals surface area contributed by atoms with Gasteiger partial charge in [-0.05, 0) is 38.8 Å². The van der Waals surface area contributed by atoms with Crippen molar-refractivity contribution in [2.75, 3.05) is 37.5 Å². The van der Waals surface area contributed by atoms with E-state index < -0.39 is 5.54 Å². The molecule has 1 aliphatic heterocycles. The number of anilines is 1. The van der Waals surface area contributed by atoms with Gasteiger partial charge in [-0.2, -0.15) is 5.10 Å². The fourth-order valence-corrected chi connectivity index (χ4v) is 5.92. The van der Waals surface area contributed by atoms with Gasteiger partial charge in [-0.15, -0.1) is 11.8 Å². The summed E-state index contributed by atoms with van der Waals surface area (Å²) in [6.45, 7) is 7.08. The molecule has 2 aromatic carbocycles. The van der Waals surface area contributed by atoms with Gasteiger partial charge in [0.05, 0.1) is 22.2 Å². The number of amides is 2. The molecule has 4 rings (SSSR count). The molecule has 0 aliphatic carbocycles. The summed E-state index contributed by atoms with van der Waals surface area (Å²) in [4.78, 5) is 28.2. The highest BCUT2D eigenvalue weighted by molar-refractivity contribution is 8.00.